The molecule has 3 rings (SSSR count). The molecule has 6 heteroatoms. The van der Waals surface area contributed by atoms with Gasteiger partial charge in [-0.1, -0.05) is 20.8 Å². The molecule has 2 aliphatic carbocycles. The zero-order valence-corrected chi connectivity index (χ0v) is 19.4. The van der Waals surface area contributed by atoms with E-state index < -0.39 is 6.10 Å². The van der Waals surface area contributed by atoms with E-state index in [0.29, 0.717) is 13.0 Å². The number of fused-ring (bicyclic) bond motifs is 1. The van der Waals surface area contributed by atoms with Crippen LogP contribution < -0.4 is 5.32 Å². The lowest BCUT2D eigenvalue weighted by Crippen LogP contribution is -2.58. The minimum absolute atomic E-state index is 0.00268. The Bertz CT molecular complexity index is 606. The third-order valence-electron chi connectivity index (χ3n) is 8.47. The lowest BCUT2D eigenvalue weighted by molar-refractivity contribution is -0.151. The number of aliphatic hydroxyl groups excluding tert-OH is 1. The number of methoxy groups -OCH3 is 1. The molecule has 0 aromatic rings. The smallest absolute Gasteiger partial charge is 0.225 e. The molecule has 7 atom stereocenters. The highest BCUT2D eigenvalue weighted by Gasteiger charge is 2.54. The van der Waals surface area contributed by atoms with Gasteiger partial charge in [-0.3, -0.25) is 9.59 Å². The molecule has 172 valence electrons. The van der Waals surface area contributed by atoms with E-state index in [0.717, 1.165) is 51.6 Å². The van der Waals surface area contributed by atoms with E-state index in [9.17, 15) is 14.7 Å². The van der Waals surface area contributed by atoms with Crippen molar-refractivity contribution in [1.82, 2.24) is 10.2 Å². The van der Waals surface area contributed by atoms with Gasteiger partial charge in [0.1, 0.15) is 0 Å². The van der Waals surface area contributed by atoms with Gasteiger partial charge in [0.2, 0.25) is 11.8 Å². The molecule has 2 saturated carbocycles. The third kappa shape index (κ3) is 4.85. The fourth-order valence-corrected chi connectivity index (χ4v) is 6.56. The Morgan fingerprint density at radius 3 is 2.53 bits per heavy atom. The number of amides is 2. The number of rotatable bonds is 6. The van der Waals surface area contributed by atoms with Gasteiger partial charge in [-0.15, -0.1) is 0 Å². The highest BCUT2D eigenvalue weighted by atomic mass is 16.5. The summed E-state index contributed by atoms with van der Waals surface area (Å²) in [5.74, 6) is 0.386. The second-order valence-corrected chi connectivity index (χ2v) is 10.4. The molecule has 6 nitrogen and oxygen atoms in total. The van der Waals surface area contributed by atoms with Crippen LogP contribution in [0.4, 0.5) is 0 Å². The molecule has 0 bridgehead atoms. The van der Waals surface area contributed by atoms with Crippen molar-refractivity contribution < 1.29 is 19.4 Å². The summed E-state index contributed by atoms with van der Waals surface area (Å²) in [7, 11) is 1.60. The molecule has 3 fully saturated rings. The molecule has 0 aromatic carbocycles. The summed E-state index contributed by atoms with van der Waals surface area (Å²) >= 11 is 0. The molecule has 2 N–H and O–H groups in total. The van der Waals surface area contributed by atoms with Crippen LogP contribution in [0, 0.1) is 29.1 Å². The topological polar surface area (TPSA) is 78.9 Å². The molecular weight excluding hydrogens is 380 g/mol. The average molecular weight is 423 g/mol. The third-order valence-corrected chi connectivity index (χ3v) is 8.47. The van der Waals surface area contributed by atoms with Crippen molar-refractivity contribution in [1.29, 1.82) is 0 Å². The first-order chi connectivity index (χ1) is 14.3. The second kappa shape index (κ2) is 9.99. The largest absolute Gasteiger partial charge is 0.392 e. The van der Waals surface area contributed by atoms with E-state index in [1.807, 2.05) is 11.8 Å². The van der Waals surface area contributed by atoms with Crippen LogP contribution >= 0.6 is 0 Å². The van der Waals surface area contributed by atoms with Gasteiger partial charge in [0, 0.05) is 38.6 Å². The Morgan fingerprint density at radius 1 is 1.20 bits per heavy atom. The van der Waals surface area contributed by atoms with Gasteiger partial charge in [-0.05, 0) is 68.1 Å². The first kappa shape index (κ1) is 23.5. The first-order valence-corrected chi connectivity index (χ1v) is 12.0. The van der Waals surface area contributed by atoms with E-state index >= 15 is 0 Å². The van der Waals surface area contributed by atoms with E-state index in [-0.39, 0.29) is 46.9 Å². The van der Waals surface area contributed by atoms with Crippen LogP contribution in [-0.2, 0) is 14.3 Å². The number of likely N-dealkylation sites (tertiary alicyclic amines) is 1. The molecule has 1 heterocycles. The van der Waals surface area contributed by atoms with E-state index in [2.05, 4.69) is 19.2 Å². The van der Waals surface area contributed by atoms with Crippen LogP contribution in [0.2, 0.25) is 0 Å². The molecule has 1 saturated heterocycles. The van der Waals surface area contributed by atoms with Crippen LogP contribution in [0.15, 0.2) is 0 Å². The molecule has 2 amide bonds. The van der Waals surface area contributed by atoms with Crippen LogP contribution in [0.3, 0.4) is 0 Å². The molecule has 0 radical (unpaired) electrons. The van der Waals surface area contributed by atoms with Crippen molar-refractivity contribution in [3.63, 3.8) is 0 Å². The number of aliphatic hydroxyl groups is 1. The van der Waals surface area contributed by atoms with Crippen LogP contribution in [-0.4, -0.2) is 60.8 Å². The molecule has 0 spiro atoms. The Labute approximate surface area is 182 Å². The zero-order chi connectivity index (χ0) is 21.9. The summed E-state index contributed by atoms with van der Waals surface area (Å²) in [6.45, 7) is 8.64. The molecule has 1 aliphatic heterocycles. The Morgan fingerprint density at radius 2 is 1.87 bits per heavy atom. The normalized spacial score (nSPS) is 37.9. The fraction of sp³-hybridized carbons (Fsp3) is 0.917. The summed E-state index contributed by atoms with van der Waals surface area (Å²) in [5, 5.41) is 14.7. The molecule has 7 unspecified atom stereocenters. The molecule has 3 aliphatic rings. The number of nitrogens with one attached hydrogen (secondary N) is 1. The number of hydrogen-bond acceptors (Lipinski definition) is 4. The molecule has 0 aromatic heterocycles. The number of nitrogens with zero attached hydrogens (tertiary/aromatic N) is 1. The lowest BCUT2D eigenvalue weighted by atomic mass is 9.51. The Kier molecular flexibility index (Phi) is 7.83. The quantitative estimate of drug-likeness (QED) is 0.690. The number of ether oxygens (including phenoxy) is 1. The Hall–Kier alpha value is -1.14. The van der Waals surface area contributed by atoms with Gasteiger partial charge in [0.05, 0.1) is 12.7 Å². The van der Waals surface area contributed by atoms with Crippen LogP contribution in [0.1, 0.15) is 72.1 Å². The maximum atomic E-state index is 13.1. The van der Waals surface area contributed by atoms with Gasteiger partial charge in [-0.2, -0.15) is 0 Å². The van der Waals surface area contributed by atoms with Gasteiger partial charge in [-0.25, -0.2) is 0 Å². The van der Waals surface area contributed by atoms with Gasteiger partial charge < -0.3 is 20.1 Å². The molecular formula is C24H42N2O4. The predicted octanol–water partition coefficient (Wildman–Crippen LogP) is 2.98. The maximum absolute atomic E-state index is 13.1. The highest BCUT2D eigenvalue weighted by molar-refractivity contribution is 5.79. The van der Waals surface area contributed by atoms with Crippen LogP contribution in [0.25, 0.3) is 0 Å². The summed E-state index contributed by atoms with van der Waals surface area (Å²) in [6, 6.07) is 0.0777. The standard InChI is InChI=1S/C24H42N2O4/c1-16(23(29)26-13-6-5-7-14-26)18-8-11-24(3)12-9-19(17(2)21(24)22(18)28)25-20(27)10-15-30-4/h16-19,21-22,28H,5-15H2,1-4H3,(H,25,27). The summed E-state index contributed by atoms with van der Waals surface area (Å²) < 4.78 is 5.02. The van der Waals surface area contributed by atoms with Crippen molar-refractivity contribution >= 4 is 11.8 Å². The number of carbonyl (C=O) groups excluding carboxylic acids is 2. The summed E-state index contributed by atoms with van der Waals surface area (Å²) in [5.41, 5.74) is 0.0803. The number of hydrogen-bond donors (Lipinski definition) is 2. The van der Waals surface area contributed by atoms with Crippen molar-refractivity contribution in [2.75, 3.05) is 26.8 Å². The first-order valence-electron chi connectivity index (χ1n) is 12.0. The second-order valence-electron chi connectivity index (χ2n) is 10.4. The van der Waals surface area contributed by atoms with E-state index in [1.54, 1.807) is 7.11 Å². The van der Waals surface area contributed by atoms with Crippen LogP contribution in [0.5, 0.6) is 0 Å². The number of piperidine rings is 1. The summed E-state index contributed by atoms with van der Waals surface area (Å²) in [4.78, 5) is 27.4. The highest BCUT2D eigenvalue weighted by Crippen LogP contribution is 2.55. The van der Waals surface area contributed by atoms with Gasteiger partial charge in [0.25, 0.3) is 0 Å². The van der Waals surface area contributed by atoms with E-state index in [4.69, 9.17) is 4.74 Å². The Balaban J connectivity index is 1.68. The lowest BCUT2D eigenvalue weighted by Gasteiger charge is -2.56. The average Bonchev–Trinajstić information content (AvgIpc) is 2.74. The number of carbonyl (C=O) groups is 2. The fourth-order valence-electron chi connectivity index (χ4n) is 6.56. The predicted molar refractivity (Wildman–Crippen MR) is 117 cm³/mol. The van der Waals surface area contributed by atoms with Crippen molar-refractivity contribution in [3.05, 3.63) is 0 Å². The monoisotopic (exact) mass is 422 g/mol. The SMILES string of the molecule is COCCC(=O)NC1CCC2(C)CCC(C(C)C(=O)N3CCCCC3)C(O)C2C1C. The van der Waals surface area contributed by atoms with Crippen molar-refractivity contribution in [3.8, 4) is 0 Å². The minimum Gasteiger partial charge on any atom is -0.392 e. The zero-order valence-electron chi connectivity index (χ0n) is 19.4. The van der Waals surface area contributed by atoms with Crippen molar-refractivity contribution in [2.24, 2.45) is 29.1 Å². The maximum Gasteiger partial charge on any atom is 0.225 e. The van der Waals surface area contributed by atoms with Crippen molar-refractivity contribution in [2.45, 2.75) is 84.3 Å². The summed E-state index contributed by atoms with van der Waals surface area (Å²) in [6.07, 6.45) is 7.18. The van der Waals surface area contributed by atoms with E-state index in [1.165, 1.54) is 6.42 Å². The minimum atomic E-state index is -0.499. The van der Waals surface area contributed by atoms with Gasteiger partial charge >= 0.3 is 0 Å². The van der Waals surface area contributed by atoms with Gasteiger partial charge in [0.15, 0.2) is 0 Å². The molecule has 30 heavy (non-hydrogen) atoms.